The molecule has 19 heavy (non-hydrogen) atoms. The molecule has 1 aliphatic rings. The van der Waals surface area contributed by atoms with Crippen LogP contribution in [-0.2, 0) is 14.8 Å². The van der Waals surface area contributed by atoms with Crippen molar-refractivity contribution in [3.63, 3.8) is 0 Å². The normalized spacial score (nSPS) is 21.2. The van der Waals surface area contributed by atoms with E-state index in [1.807, 2.05) is 0 Å². The molecular formula is C11H13FN2O3S2. The van der Waals surface area contributed by atoms with Gasteiger partial charge in [-0.15, -0.1) is 0 Å². The molecule has 0 bridgehead atoms. The fourth-order valence-corrected chi connectivity index (χ4v) is 3.44. The molecule has 0 amide bonds. The van der Waals surface area contributed by atoms with Gasteiger partial charge in [0.15, 0.2) is 0 Å². The minimum Gasteiger partial charge on any atom is -0.391 e. The van der Waals surface area contributed by atoms with Crippen LogP contribution in [0, 0.1) is 5.82 Å². The Morgan fingerprint density at radius 3 is 2.79 bits per heavy atom. The first-order valence-corrected chi connectivity index (χ1v) is 7.43. The fourth-order valence-electron chi connectivity index (χ4n) is 1.81. The largest absolute Gasteiger partial charge is 0.391 e. The van der Waals surface area contributed by atoms with Crippen molar-refractivity contribution in [1.29, 1.82) is 0 Å². The van der Waals surface area contributed by atoms with Gasteiger partial charge in [0.2, 0.25) is 10.0 Å². The van der Waals surface area contributed by atoms with Crippen LogP contribution in [0.2, 0.25) is 0 Å². The molecule has 0 aromatic heterocycles. The van der Waals surface area contributed by atoms with Crippen molar-refractivity contribution in [2.75, 3.05) is 19.7 Å². The van der Waals surface area contributed by atoms with Crippen LogP contribution in [0.3, 0.4) is 0 Å². The summed E-state index contributed by atoms with van der Waals surface area (Å²) in [5, 5.41) is 0. The highest BCUT2D eigenvalue weighted by molar-refractivity contribution is 7.89. The van der Waals surface area contributed by atoms with E-state index in [1.54, 1.807) is 0 Å². The fraction of sp³-hybridized carbons (Fsp3) is 0.364. The molecule has 1 unspecified atom stereocenters. The standard InChI is InChI=1S/C11H13FN2O3S2/c12-8-3-1-2-4-10(8)19(15,16)14-5-6-17-9(7-14)11(13)18/h1-4,9H,5-7H2,(H2,13,18). The molecule has 2 rings (SSSR count). The number of rotatable bonds is 3. The Bertz CT molecular complexity index is 591. The summed E-state index contributed by atoms with van der Waals surface area (Å²) in [6.07, 6.45) is -0.634. The molecule has 0 radical (unpaired) electrons. The second-order valence-electron chi connectivity index (χ2n) is 4.06. The average Bonchev–Trinajstić information content (AvgIpc) is 2.39. The van der Waals surface area contributed by atoms with Gasteiger partial charge in [-0.25, -0.2) is 12.8 Å². The van der Waals surface area contributed by atoms with Crippen LogP contribution >= 0.6 is 12.2 Å². The van der Waals surface area contributed by atoms with Crippen molar-refractivity contribution in [1.82, 2.24) is 4.31 Å². The van der Waals surface area contributed by atoms with Gasteiger partial charge in [0.05, 0.1) is 6.61 Å². The van der Waals surface area contributed by atoms with Crippen LogP contribution in [0.4, 0.5) is 4.39 Å². The molecule has 1 aliphatic heterocycles. The number of hydrogen-bond donors (Lipinski definition) is 1. The number of morpholine rings is 1. The molecule has 1 heterocycles. The molecule has 0 saturated carbocycles. The van der Waals surface area contributed by atoms with Gasteiger partial charge in [-0.1, -0.05) is 24.4 Å². The van der Waals surface area contributed by atoms with Gasteiger partial charge in [-0.2, -0.15) is 4.31 Å². The summed E-state index contributed by atoms with van der Waals surface area (Å²) in [5.74, 6) is -0.777. The Balaban J connectivity index is 2.30. The lowest BCUT2D eigenvalue weighted by molar-refractivity contribution is 0.0385. The third-order valence-corrected chi connectivity index (χ3v) is 4.96. The predicted octanol–water partition coefficient (Wildman–Crippen LogP) is 0.501. The van der Waals surface area contributed by atoms with Crippen LogP contribution in [-0.4, -0.2) is 43.5 Å². The van der Waals surface area contributed by atoms with Gasteiger partial charge in [-0.3, -0.25) is 0 Å². The molecule has 1 aromatic rings. The van der Waals surface area contributed by atoms with Crippen molar-refractivity contribution in [2.24, 2.45) is 5.73 Å². The SMILES string of the molecule is NC(=S)C1CN(S(=O)(=O)c2ccccc2F)CCO1. The number of halogens is 1. The minimum atomic E-state index is -3.90. The van der Waals surface area contributed by atoms with Gasteiger partial charge < -0.3 is 10.5 Å². The first kappa shape index (κ1) is 14.3. The summed E-state index contributed by atoms with van der Waals surface area (Å²) in [4.78, 5) is -0.257. The summed E-state index contributed by atoms with van der Waals surface area (Å²) in [7, 11) is -3.90. The van der Waals surface area contributed by atoms with Crippen LogP contribution in [0.5, 0.6) is 0 Å². The van der Waals surface area contributed by atoms with E-state index in [2.05, 4.69) is 0 Å². The zero-order valence-electron chi connectivity index (χ0n) is 9.95. The third kappa shape index (κ3) is 2.92. The summed E-state index contributed by atoms with van der Waals surface area (Å²) >= 11 is 4.79. The molecule has 1 saturated heterocycles. The second-order valence-corrected chi connectivity index (χ2v) is 6.43. The molecule has 1 atom stereocenters. The van der Waals surface area contributed by atoms with Gasteiger partial charge >= 0.3 is 0 Å². The zero-order valence-corrected chi connectivity index (χ0v) is 11.6. The maximum Gasteiger partial charge on any atom is 0.246 e. The monoisotopic (exact) mass is 304 g/mol. The Kier molecular flexibility index (Phi) is 4.14. The van der Waals surface area contributed by atoms with E-state index in [4.69, 9.17) is 22.7 Å². The molecule has 8 heteroatoms. The van der Waals surface area contributed by atoms with Crippen molar-refractivity contribution < 1.29 is 17.5 Å². The molecule has 104 valence electrons. The van der Waals surface area contributed by atoms with Gasteiger partial charge in [0, 0.05) is 13.1 Å². The van der Waals surface area contributed by atoms with Crippen molar-refractivity contribution in [3.8, 4) is 0 Å². The van der Waals surface area contributed by atoms with E-state index in [0.717, 1.165) is 10.4 Å². The van der Waals surface area contributed by atoms with Crippen LogP contribution in [0.25, 0.3) is 0 Å². The number of nitrogens with zero attached hydrogens (tertiary/aromatic N) is 1. The second kappa shape index (κ2) is 5.49. The highest BCUT2D eigenvalue weighted by Gasteiger charge is 2.33. The quantitative estimate of drug-likeness (QED) is 0.823. The van der Waals surface area contributed by atoms with Crippen LogP contribution < -0.4 is 5.73 Å². The van der Waals surface area contributed by atoms with E-state index in [1.165, 1.54) is 18.2 Å². The highest BCUT2D eigenvalue weighted by Crippen LogP contribution is 2.21. The van der Waals surface area contributed by atoms with Crippen molar-refractivity contribution in [3.05, 3.63) is 30.1 Å². The van der Waals surface area contributed by atoms with Crippen LogP contribution in [0.1, 0.15) is 0 Å². The highest BCUT2D eigenvalue weighted by atomic mass is 32.2. The first-order chi connectivity index (χ1) is 8.93. The predicted molar refractivity (Wildman–Crippen MR) is 71.7 cm³/mol. The van der Waals surface area contributed by atoms with E-state index >= 15 is 0 Å². The van der Waals surface area contributed by atoms with E-state index in [0.29, 0.717) is 0 Å². The van der Waals surface area contributed by atoms with E-state index in [9.17, 15) is 12.8 Å². The average molecular weight is 304 g/mol. The topological polar surface area (TPSA) is 72.6 Å². The van der Waals surface area contributed by atoms with Crippen LogP contribution in [0.15, 0.2) is 29.2 Å². The Morgan fingerprint density at radius 2 is 2.16 bits per heavy atom. The van der Waals surface area contributed by atoms with E-state index < -0.39 is 21.9 Å². The zero-order chi connectivity index (χ0) is 14.0. The van der Waals surface area contributed by atoms with Crippen molar-refractivity contribution >= 4 is 27.2 Å². The number of hydrogen-bond acceptors (Lipinski definition) is 4. The number of nitrogens with two attached hydrogens (primary N) is 1. The Morgan fingerprint density at radius 1 is 1.47 bits per heavy atom. The summed E-state index contributed by atoms with van der Waals surface area (Å²) < 4.78 is 44.7. The molecule has 1 aromatic carbocycles. The Labute approximate surface area is 116 Å². The maximum atomic E-state index is 13.6. The molecule has 0 spiro atoms. The number of sulfonamides is 1. The lowest BCUT2D eigenvalue weighted by Crippen LogP contribution is -2.49. The minimum absolute atomic E-state index is 0.00595. The van der Waals surface area contributed by atoms with E-state index in [-0.39, 0.29) is 29.6 Å². The summed E-state index contributed by atoms with van der Waals surface area (Å²) in [5.41, 5.74) is 5.45. The molecule has 5 nitrogen and oxygen atoms in total. The smallest absolute Gasteiger partial charge is 0.246 e. The molecule has 0 aliphatic carbocycles. The maximum absolute atomic E-state index is 13.6. The van der Waals surface area contributed by atoms with Gasteiger partial charge in [0.1, 0.15) is 21.8 Å². The molecular weight excluding hydrogens is 291 g/mol. The lowest BCUT2D eigenvalue weighted by Gasteiger charge is -2.31. The third-order valence-electron chi connectivity index (χ3n) is 2.80. The number of ether oxygens (including phenoxy) is 1. The number of thiocarbonyl (C=S) groups is 1. The summed E-state index contributed by atoms with van der Waals surface area (Å²) in [6.45, 7) is 0.331. The van der Waals surface area contributed by atoms with Gasteiger partial charge in [-0.05, 0) is 12.1 Å². The van der Waals surface area contributed by atoms with Gasteiger partial charge in [0.25, 0.3) is 0 Å². The Hall–Kier alpha value is -1.09. The molecule has 2 N–H and O–H groups in total. The summed E-state index contributed by atoms with van der Waals surface area (Å²) in [6, 6.07) is 5.25. The molecule has 1 fully saturated rings. The number of benzene rings is 1. The van der Waals surface area contributed by atoms with Crippen molar-refractivity contribution in [2.45, 2.75) is 11.0 Å². The first-order valence-electron chi connectivity index (χ1n) is 5.58. The lowest BCUT2D eigenvalue weighted by atomic mass is 10.3.